The van der Waals surface area contributed by atoms with Gasteiger partial charge in [0.15, 0.2) is 17.8 Å². The molecule has 3 aliphatic rings. The highest BCUT2D eigenvalue weighted by atomic mass is 32.2. The van der Waals surface area contributed by atoms with Gasteiger partial charge in [0.1, 0.15) is 5.75 Å². The maximum absolute atomic E-state index is 13.4. The first kappa shape index (κ1) is 34.4. The van der Waals surface area contributed by atoms with Crippen molar-refractivity contribution in [1.29, 1.82) is 0 Å². The summed E-state index contributed by atoms with van der Waals surface area (Å²) in [5.74, 6) is 1.50. The molecule has 0 bridgehead atoms. The van der Waals surface area contributed by atoms with Crippen LogP contribution in [0.5, 0.6) is 17.2 Å². The lowest BCUT2D eigenvalue weighted by Gasteiger charge is -2.30. The number of fused-ring (bicyclic) bond motifs is 2. The number of carboxylic acid groups (broad SMARTS) is 1. The minimum Gasteiger partial charge on any atom is -0.508 e. The highest BCUT2D eigenvalue weighted by molar-refractivity contribution is 7.89. The predicted octanol–water partition coefficient (Wildman–Crippen LogP) is 3.80. The van der Waals surface area contributed by atoms with E-state index in [1.807, 2.05) is 27.7 Å². The van der Waals surface area contributed by atoms with Gasteiger partial charge >= 0.3 is 6.09 Å². The van der Waals surface area contributed by atoms with Gasteiger partial charge in [-0.1, -0.05) is 39.8 Å². The number of phenolic OH excluding ortho intramolecular Hbond substituents is 1. The Labute approximate surface area is 253 Å². The molecule has 0 saturated carbocycles. The van der Waals surface area contributed by atoms with Gasteiger partial charge in [0, 0.05) is 25.1 Å². The molecule has 240 valence electrons. The van der Waals surface area contributed by atoms with Crippen molar-refractivity contribution in [3.63, 3.8) is 0 Å². The van der Waals surface area contributed by atoms with Crippen molar-refractivity contribution in [1.82, 2.24) is 9.62 Å². The Morgan fingerprint density at radius 2 is 1.63 bits per heavy atom. The van der Waals surface area contributed by atoms with Crippen LogP contribution in [0.1, 0.15) is 46.1 Å². The summed E-state index contributed by atoms with van der Waals surface area (Å²) >= 11 is 0. The van der Waals surface area contributed by atoms with Crippen molar-refractivity contribution in [2.24, 2.45) is 11.8 Å². The van der Waals surface area contributed by atoms with E-state index in [4.69, 9.17) is 18.9 Å². The number of aliphatic hydroxyl groups excluding tert-OH is 1. The molecule has 0 aromatic heterocycles. The average Bonchev–Trinajstić information content (AvgIpc) is 3.72. The number of nitrogens with zero attached hydrogens (tertiary/aromatic N) is 1. The molecule has 3 heterocycles. The van der Waals surface area contributed by atoms with Gasteiger partial charge in [-0.2, -0.15) is 4.31 Å². The molecule has 13 heteroatoms. The van der Waals surface area contributed by atoms with Gasteiger partial charge < -0.3 is 39.6 Å². The molecule has 2 atom stereocenters. The van der Waals surface area contributed by atoms with Gasteiger partial charge in [-0.05, 0) is 55.0 Å². The zero-order valence-electron chi connectivity index (χ0n) is 25.1. The first-order valence-corrected chi connectivity index (χ1v) is 16.1. The molecule has 43 heavy (non-hydrogen) atoms. The van der Waals surface area contributed by atoms with Gasteiger partial charge in [-0.3, -0.25) is 0 Å². The molecular weight excluding hydrogens is 580 g/mol. The second-order valence-corrected chi connectivity index (χ2v) is 12.6. The summed E-state index contributed by atoms with van der Waals surface area (Å²) < 4.78 is 49.0. The lowest BCUT2D eigenvalue weighted by atomic mass is 10.0. The maximum atomic E-state index is 13.4. The van der Waals surface area contributed by atoms with Crippen molar-refractivity contribution in [3.05, 3.63) is 48.0 Å². The zero-order chi connectivity index (χ0) is 31.6. The lowest BCUT2D eigenvalue weighted by Crippen LogP contribution is -2.50. The van der Waals surface area contributed by atoms with Crippen molar-refractivity contribution in [3.8, 4) is 17.2 Å². The number of rotatable bonds is 10. The summed E-state index contributed by atoms with van der Waals surface area (Å²) in [6.07, 6.45) is 0.0298. The average molecular weight is 625 g/mol. The number of sulfonamides is 1. The second-order valence-electron chi connectivity index (χ2n) is 10.7. The first-order chi connectivity index (χ1) is 20.5. The van der Waals surface area contributed by atoms with Crippen molar-refractivity contribution in [2.75, 3.05) is 33.1 Å². The summed E-state index contributed by atoms with van der Waals surface area (Å²) in [4.78, 5) is 11.3. The van der Waals surface area contributed by atoms with Crippen LogP contribution in [0.15, 0.2) is 47.4 Å². The molecule has 1 amide bonds. The van der Waals surface area contributed by atoms with Crippen molar-refractivity contribution < 1.29 is 47.5 Å². The van der Waals surface area contributed by atoms with Gasteiger partial charge in [-0.25, -0.2) is 13.2 Å². The molecule has 2 aromatic rings. The summed E-state index contributed by atoms with van der Waals surface area (Å²) in [6, 6.07) is 9.44. The molecule has 0 spiro atoms. The minimum atomic E-state index is -4.02. The number of phenols is 1. The summed E-state index contributed by atoms with van der Waals surface area (Å²) in [7, 11) is -4.02. The predicted molar refractivity (Wildman–Crippen MR) is 159 cm³/mol. The molecular formula is C30H44N2O10S. The highest BCUT2D eigenvalue weighted by Crippen LogP contribution is 2.35. The molecule has 0 aliphatic carbocycles. The highest BCUT2D eigenvalue weighted by Gasteiger charge is 2.34. The molecule has 3 aliphatic heterocycles. The topological polar surface area (TPSA) is 164 Å². The summed E-state index contributed by atoms with van der Waals surface area (Å²) in [5, 5.41) is 31.9. The Kier molecular flexibility index (Phi) is 12.9. The van der Waals surface area contributed by atoms with Crippen LogP contribution in [-0.4, -0.2) is 85.7 Å². The number of aromatic hydroxyl groups is 1. The van der Waals surface area contributed by atoms with Crippen molar-refractivity contribution in [2.45, 2.75) is 70.3 Å². The number of ether oxygens (including phenoxy) is 4. The molecule has 2 fully saturated rings. The monoisotopic (exact) mass is 624 g/mol. The van der Waals surface area contributed by atoms with Crippen LogP contribution in [0.4, 0.5) is 4.79 Å². The summed E-state index contributed by atoms with van der Waals surface area (Å²) in [6.45, 7) is 9.32. The van der Waals surface area contributed by atoms with E-state index >= 15 is 0 Å². The maximum Gasteiger partial charge on any atom is 0.404 e. The van der Waals surface area contributed by atoms with Crippen LogP contribution in [-0.2, 0) is 25.9 Å². The third-order valence-electron chi connectivity index (χ3n) is 7.03. The first-order valence-electron chi connectivity index (χ1n) is 14.6. The molecule has 2 unspecified atom stereocenters. The lowest BCUT2D eigenvalue weighted by molar-refractivity contribution is -0.0904. The van der Waals surface area contributed by atoms with Crippen LogP contribution < -0.4 is 14.8 Å². The Bertz CT molecular complexity index is 1250. The molecule has 2 aromatic carbocycles. The number of hydrogen-bond donors (Lipinski definition) is 4. The van der Waals surface area contributed by atoms with E-state index in [-0.39, 0.29) is 49.2 Å². The summed E-state index contributed by atoms with van der Waals surface area (Å²) in [5.41, 5.74) is 0.666. The second kappa shape index (κ2) is 16.1. The van der Waals surface area contributed by atoms with Gasteiger partial charge in [-0.15, -0.1) is 0 Å². The number of benzene rings is 2. The molecule has 4 N–H and O–H groups in total. The Hall–Kier alpha value is -3.10. The number of nitrogens with one attached hydrogen (secondary N) is 1. The van der Waals surface area contributed by atoms with Crippen LogP contribution in [0.2, 0.25) is 0 Å². The molecule has 5 rings (SSSR count). The Morgan fingerprint density at radius 3 is 2.21 bits per heavy atom. The number of amides is 1. The molecule has 12 nitrogen and oxygen atoms in total. The van der Waals surface area contributed by atoms with Crippen LogP contribution in [0, 0.1) is 11.8 Å². The fraction of sp³-hybridized carbons (Fsp3) is 0.567. The van der Waals surface area contributed by atoms with Gasteiger partial charge in [0.25, 0.3) is 0 Å². The molecule has 2 saturated heterocycles. The van der Waals surface area contributed by atoms with Gasteiger partial charge in [0.05, 0.1) is 30.3 Å². The van der Waals surface area contributed by atoms with E-state index in [0.29, 0.717) is 17.1 Å². The van der Waals surface area contributed by atoms with E-state index < -0.39 is 28.3 Å². The number of aliphatic hydroxyl groups is 1. The third-order valence-corrected chi connectivity index (χ3v) is 8.86. The SMILES string of the molecule is C1CC2CCOC2O1.CC.CC(C)CN(CC(O)C(Cc1ccc(O)cc1)NC(=O)O)S(=O)(=O)c1ccc2c(c1)OCO2. The zero-order valence-corrected chi connectivity index (χ0v) is 26.0. The largest absolute Gasteiger partial charge is 0.508 e. The fourth-order valence-electron chi connectivity index (χ4n) is 4.94. The quantitative estimate of drug-likeness (QED) is 0.306. The van der Waals surface area contributed by atoms with Crippen LogP contribution >= 0.6 is 0 Å². The van der Waals surface area contributed by atoms with Crippen LogP contribution in [0.25, 0.3) is 0 Å². The van der Waals surface area contributed by atoms with E-state index in [2.05, 4.69) is 5.32 Å². The minimum absolute atomic E-state index is 0.00700. The fourth-order valence-corrected chi connectivity index (χ4v) is 6.57. The van der Waals surface area contributed by atoms with E-state index in [1.165, 1.54) is 43.2 Å². The third kappa shape index (κ3) is 9.70. The van der Waals surface area contributed by atoms with E-state index in [0.717, 1.165) is 23.4 Å². The Morgan fingerprint density at radius 1 is 1.00 bits per heavy atom. The standard InChI is InChI=1S/C22H28N2O8S.C6H10O2.C2H6/c1-14(2)11-24(33(29,30)17-7-8-20-21(10-17)32-13-31-20)12-19(26)18(23-22(27)28)9-15-3-5-16(25)6-4-15;1-3-7-6-5(1)2-4-8-6;1-2/h3-8,10,14,18-19,23,25-26H,9,11-13H2,1-2H3,(H,27,28);5-6H,1-4H2;1-2H3. The smallest absolute Gasteiger partial charge is 0.404 e. The van der Waals surface area contributed by atoms with E-state index in [1.54, 1.807) is 12.1 Å². The number of carbonyl (C=O) groups is 1. The van der Waals surface area contributed by atoms with Gasteiger partial charge in [0.2, 0.25) is 16.8 Å². The normalized spacial score (nSPS) is 20.0. The molecule has 0 radical (unpaired) electrons. The number of hydrogen-bond acceptors (Lipinski definition) is 9. The Balaban J connectivity index is 0.000000425. The van der Waals surface area contributed by atoms with E-state index in [9.17, 15) is 28.5 Å². The van der Waals surface area contributed by atoms with Crippen molar-refractivity contribution >= 4 is 16.1 Å². The van der Waals surface area contributed by atoms with Crippen LogP contribution in [0.3, 0.4) is 0 Å².